The van der Waals surface area contributed by atoms with Crippen LogP contribution in [0.4, 0.5) is 4.39 Å². The molecule has 2 aromatic carbocycles. The van der Waals surface area contributed by atoms with E-state index in [0.717, 1.165) is 22.0 Å². The molecule has 31 heavy (non-hydrogen) atoms. The lowest BCUT2D eigenvalue weighted by Crippen LogP contribution is -2.43. The van der Waals surface area contributed by atoms with Gasteiger partial charge in [-0.15, -0.1) is 0 Å². The summed E-state index contributed by atoms with van der Waals surface area (Å²) in [5.74, 6) is -0.651. The van der Waals surface area contributed by atoms with Crippen LogP contribution in [0, 0.1) is 5.82 Å². The van der Waals surface area contributed by atoms with E-state index in [-0.39, 0.29) is 24.2 Å². The zero-order chi connectivity index (χ0) is 22.2. The lowest BCUT2D eigenvalue weighted by Gasteiger charge is -2.27. The summed E-state index contributed by atoms with van der Waals surface area (Å²) >= 11 is 0. The van der Waals surface area contributed by atoms with Crippen molar-refractivity contribution < 1.29 is 18.7 Å². The molecule has 0 bridgehead atoms. The normalized spacial score (nSPS) is 10.9. The summed E-state index contributed by atoms with van der Waals surface area (Å²) in [6.07, 6.45) is 2.63. The minimum atomic E-state index is -0.317. The first-order valence-electron chi connectivity index (χ1n) is 10.3. The molecule has 0 aliphatic rings. The van der Waals surface area contributed by atoms with Gasteiger partial charge in [-0.1, -0.05) is 30.3 Å². The van der Waals surface area contributed by atoms with Crippen LogP contribution < -0.4 is 0 Å². The van der Waals surface area contributed by atoms with E-state index in [1.54, 1.807) is 24.1 Å². The van der Waals surface area contributed by atoms with Gasteiger partial charge in [0, 0.05) is 50.8 Å². The molecule has 0 saturated carbocycles. The number of methoxy groups -OCH3 is 1. The summed E-state index contributed by atoms with van der Waals surface area (Å²) in [4.78, 5) is 31.5. The second kappa shape index (κ2) is 10.7. The number of hydrogen-bond donors (Lipinski definition) is 1. The first-order chi connectivity index (χ1) is 15.0. The number of aromatic amines is 1. The van der Waals surface area contributed by atoms with Gasteiger partial charge in [-0.05, 0) is 35.7 Å². The highest BCUT2D eigenvalue weighted by atomic mass is 19.1. The predicted molar refractivity (Wildman–Crippen MR) is 118 cm³/mol. The van der Waals surface area contributed by atoms with Crippen molar-refractivity contribution in [2.75, 3.05) is 33.4 Å². The third kappa shape index (κ3) is 6.15. The van der Waals surface area contributed by atoms with Gasteiger partial charge < -0.3 is 19.5 Å². The minimum absolute atomic E-state index is 0.0201. The van der Waals surface area contributed by atoms with E-state index >= 15 is 0 Å². The Hall–Kier alpha value is -3.19. The quantitative estimate of drug-likeness (QED) is 0.542. The molecule has 3 aromatic rings. The number of halogens is 1. The summed E-state index contributed by atoms with van der Waals surface area (Å²) in [5, 5.41) is 1.13. The molecule has 0 radical (unpaired) electrons. The first-order valence-corrected chi connectivity index (χ1v) is 10.3. The van der Waals surface area contributed by atoms with E-state index in [1.165, 1.54) is 24.0 Å². The molecule has 0 unspecified atom stereocenters. The van der Waals surface area contributed by atoms with Gasteiger partial charge in [0.1, 0.15) is 5.82 Å². The number of rotatable bonds is 10. The van der Waals surface area contributed by atoms with Crippen LogP contribution in [0.25, 0.3) is 10.9 Å². The van der Waals surface area contributed by atoms with E-state index in [0.29, 0.717) is 32.7 Å². The molecule has 0 fully saturated rings. The number of nitrogens with one attached hydrogen (secondary N) is 1. The smallest absolute Gasteiger partial charge is 0.242 e. The van der Waals surface area contributed by atoms with Gasteiger partial charge in [0.15, 0.2) is 0 Å². The topological polar surface area (TPSA) is 65.6 Å². The number of amides is 2. The third-order valence-corrected chi connectivity index (χ3v) is 5.30. The van der Waals surface area contributed by atoms with Crippen molar-refractivity contribution in [3.8, 4) is 0 Å². The lowest BCUT2D eigenvalue weighted by atomic mass is 10.1. The highest BCUT2D eigenvalue weighted by Crippen LogP contribution is 2.19. The van der Waals surface area contributed by atoms with Crippen LogP contribution in [0.1, 0.15) is 18.1 Å². The van der Waals surface area contributed by atoms with Crippen molar-refractivity contribution in [3.63, 3.8) is 0 Å². The van der Waals surface area contributed by atoms with E-state index < -0.39 is 0 Å². The van der Waals surface area contributed by atoms with Crippen LogP contribution in [0.2, 0.25) is 0 Å². The van der Waals surface area contributed by atoms with Crippen LogP contribution in [-0.4, -0.2) is 59.9 Å². The summed E-state index contributed by atoms with van der Waals surface area (Å²) in [6, 6.07) is 14.2. The van der Waals surface area contributed by atoms with Crippen molar-refractivity contribution in [2.24, 2.45) is 0 Å². The zero-order valence-corrected chi connectivity index (χ0v) is 17.9. The van der Waals surface area contributed by atoms with Crippen molar-refractivity contribution in [3.05, 3.63) is 71.7 Å². The zero-order valence-electron chi connectivity index (χ0n) is 17.9. The summed E-state index contributed by atoms with van der Waals surface area (Å²) in [7, 11) is 1.56. The Bertz CT molecular complexity index is 1020. The van der Waals surface area contributed by atoms with Gasteiger partial charge in [-0.2, -0.15) is 0 Å². The second-order valence-electron chi connectivity index (χ2n) is 7.48. The average Bonchev–Trinajstić information content (AvgIpc) is 3.18. The molecule has 0 spiro atoms. The maximum Gasteiger partial charge on any atom is 0.242 e. The van der Waals surface area contributed by atoms with E-state index in [2.05, 4.69) is 11.1 Å². The Morgan fingerprint density at radius 3 is 2.48 bits per heavy atom. The maximum atomic E-state index is 13.3. The standard InChI is InChI=1S/C24H28FN3O3/c1-18(29)27(13-14-31-2)17-24(30)28(16-19-7-9-21(25)10-8-19)12-11-20-15-26-23-6-4-3-5-22(20)23/h3-10,15,26H,11-14,16-17H2,1-2H3. The first kappa shape index (κ1) is 22.5. The number of carbonyl (C=O) groups excluding carboxylic acids is 2. The monoisotopic (exact) mass is 425 g/mol. The Morgan fingerprint density at radius 2 is 1.77 bits per heavy atom. The number of benzene rings is 2. The molecule has 3 rings (SSSR count). The predicted octanol–water partition coefficient (Wildman–Crippen LogP) is 3.37. The number of fused-ring (bicyclic) bond motifs is 1. The molecule has 164 valence electrons. The van der Waals surface area contributed by atoms with E-state index in [4.69, 9.17) is 4.74 Å². The van der Waals surface area contributed by atoms with Gasteiger partial charge in [-0.25, -0.2) is 4.39 Å². The van der Waals surface area contributed by atoms with Crippen molar-refractivity contribution in [1.82, 2.24) is 14.8 Å². The Labute approximate surface area is 181 Å². The summed E-state index contributed by atoms with van der Waals surface area (Å²) < 4.78 is 18.4. The minimum Gasteiger partial charge on any atom is -0.383 e. The largest absolute Gasteiger partial charge is 0.383 e. The number of aromatic nitrogens is 1. The van der Waals surface area contributed by atoms with Crippen molar-refractivity contribution in [2.45, 2.75) is 19.9 Å². The number of nitrogens with zero attached hydrogens (tertiary/aromatic N) is 2. The molecule has 0 aliphatic carbocycles. The highest BCUT2D eigenvalue weighted by Gasteiger charge is 2.20. The van der Waals surface area contributed by atoms with Crippen molar-refractivity contribution in [1.29, 1.82) is 0 Å². The van der Waals surface area contributed by atoms with Gasteiger partial charge in [-0.3, -0.25) is 9.59 Å². The van der Waals surface area contributed by atoms with Crippen LogP contribution >= 0.6 is 0 Å². The maximum absolute atomic E-state index is 13.3. The van der Waals surface area contributed by atoms with Crippen LogP contribution in [-0.2, 0) is 27.3 Å². The molecular weight excluding hydrogens is 397 g/mol. The molecule has 1 aromatic heterocycles. The fraction of sp³-hybridized carbons (Fsp3) is 0.333. The average molecular weight is 426 g/mol. The highest BCUT2D eigenvalue weighted by molar-refractivity contribution is 5.84. The van der Waals surface area contributed by atoms with E-state index in [9.17, 15) is 14.0 Å². The molecular formula is C24H28FN3O3. The summed E-state index contributed by atoms with van der Waals surface area (Å²) in [5.41, 5.74) is 3.01. The number of ether oxygens (including phenoxy) is 1. The summed E-state index contributed by atoms with van der Waals surface area (Å²) in [6.45, 7) is 2.96. The van der Waals surface area contributed by atoms with E-state index in [1.807, 2.05) is 24.4 Å². The van der Waals surface area contributed by atoms with Crippen molar-refractivity contribution >= 4 is 22.7 Å². The molecule has 0 aliphatic heterocycles. The Balaban J connectivity index is 1.75. The Kier molecular flexibility index (Phi) is 7.78. The molecule has 1 N–H and O–H groups in total. The van der Waals surface area contributed by atoms with Crippen LogP contribution in [0.5, 0.6) is 0 Å². The molecule has 0 atom stereocenters. The fourth-order valence-corrected chi connectivity index (χ4v) is 3.51. The second-order valence-corrected chi connectivity index (χ2v) is 7.48. The number of carbonyl (C=O) groups is 2. The molecule has 6 nitrogen and oxygen atoms in total. The molecule has 2 amide bonds. The Morgan fingerprint density at radius 1 is 1.03 bits per heavy atom. The van der Waals surface area contributed by atoms with Crippen LogP contribution in [0.3, 0.4) is 0 Å². The number of para-hydroxylation sites is 1. The fourth-order valence-electron chi connectivity index (χ4n) is 3.51. The van der Waals surface area contributed by atoms with Gasteiger partial charge in [0.05, 0.1) is 13.2 Å². The number of hydrogen-bond acceptors (Lipinski definition) is 3. The number of H-pyrrole nitrogens is 1. The molecule has 0 saturated heterocycles. The van der Waals surface area contributed by atoms with Gasteiger partial charge >= 0.3 is 0 Å². The SMILES string of the molecule is COCCN(CC(=O)N(CCc1c[nH]c2ccccc12)Cc1ccc(F)cc1)C(C)=O. The van der Waals surface area contributed by atoms with Crippen LogP contribution in [0.15, 0.2) is 54.7 Å². The third-order valence-electron chi connectivity index (χ3n) is 5.30. The molecule has 1 heterocycles. The van der Waals surface area contributed by atoms with Gasteiger partial charge in [0.25, 0.3) is 0 Å². The van der Waals surface area contributed by atoms with Gasteiger partial charge in [0.2, 0.25) is 11.8 Å². The molecule has 7 heteroatoms. The lowest BCUT2D eigenvalue weighted by molar-refractivity contribution is -0.140.